The average molecular weight is 334 g/mol. The molecule has 0 aliphatic carbocycles. The predicted molar refractivity (Wildman–Crippen MR) is 90.1 cm³/mol. The summed E-state index contributed by atoms with van der Waals surface area (Å²) in [5.74, 6) is -0.108. The van der Waals surface area contributed by atoms with Gasteiger partial charge in [-0.15, -0.1) is 0 Å². The minimum Gasteiger partial charge on any atom is -0.392 e. The first kappa shape index (κ1) is 18.4. The van der Waals surface area contributed by atoms with Crippen molar-refractivity contribution in [1.29, 1.82) is 0 Å². The van der Waals surface area contributed by atoms with Crippen molar-refractivity contribution in [2.24, 2.45) is 0 Å². The number of carbonyl (C=O) groups is 2. The van der Waals surface area contributed by atoms with E-state index >= 15 is 0 Å². The highest BCUT2D eigenvalue weighted by Crippen LogP contribution is 2.33. The van der Waals surface area contributed by atoms with Crippen molar-refractivity contribution >= 4 is 11.8 Å². The summed E-state index contributed by atoms with van der Waals surface area (Å²) in [6.45, 7) is 3.01. The molecule has 2 rings (SSSR count). The fourth-order valence-corrected chi connectivity index (χ4v) is 3.41. The number of nitrogens with one attached hydrogen (secondary N) is 1. The molecule has 24 heavy (non-hydrogen) atoms. The lowest BCUT2D eigenvalue weighted by molar-refractivity contribution is -0.137. The maximum Gasteiger partial charge on any atom is 0.222 e. The van der Waals surface area contributed by atoms with Crippen molar-refractivity contribution in [3.8, 4) is 0 Å². The quantitative estimate of drug-likeness (QED) is 0.786. The molecule has 1 aromatic carbocycles. The van der Waals surface area contributed by atoms with Crippen LogP contribution in [-0.2, 0) is 27.5 Å². The molecule has 1 fully saturated rings. The van der Waals surface area contributed by atoms with Crippen LogP contribution in [0.15, 0.2) is 24.3 Å². The van der Waals surface area contributed by atoms with Crippen LogP contribution in [0.2, 0.25) is 0 Å². The number of ether oxygens (including phenoxy) is 1. The summed E-state index contributed by atoms with van der Waals surface area (Å²) < 4.78 is 5.30. The van der Waals surface area contributed by atoms with Gasteiger partial charge in [0, 0.05) is 27.1 Å². The SMILES string of the molecule is COC[C@]1(CC(=O)NCc2ccc(CO)cc2)CCCN1C(C)=O. The number of amides is 2. The molecule has 0 unspecified atom stereocenters. The van der Waals surface area contributed by atoms with Crippen molar-refractivity contribution in [1.82, 2.24) is 10.2 Å². The predicted octanol–water partition coefficient (Wildman–Crippen LogP) is 1.21. The summed E-state index contributed by atoms with van der Waals surface area (Å²) in [6, 6.07) is 7.44. The number of rotatable bonds is 7. The Morgan fingerprint density at radius 2 is 1.96 bits per heavy atom. The Kier molecular flexibility index (Phi) is 6.34. The van der Waals surface area contributed by atoms with Gasteiger partial charge >= 0.3 is 0 Å². The lowest BCUT2D eigenvalue weighted by Gasteiger charge is -2.37. The van der Waals surface area contributed by atoms with E-state index in [4.69, 9.17) is 9.84 Å². The Bertz CT molecular complexity index is 573. The molecule has 1 atom stereocenters. The van der Waals surface area contributed by atoms with E-state index in [9.17, 15) is 9.59 Å². The van der Waals surface area contributed by atoms with Crippen LogP contribution < -0.4 is 5.32 Å². The first-order chi connectivity index (χ1) is 11.5. The van der Waals surface area contributed by atoms with Gasteiger partial charge in [-0.25, -0.2) is 0 Å². The van der Waals surface area contributed by atoms with E-state index in [2.05, 4.69) is 5.32 Å². The molecule has 132 valence electrons. The molecule has 6 nitrogen and oxygen atoms in total. The number of hydrogen-bond donors (Lipinski definition) is 2. The van der Waals surface area contributed by atoms with E-state index in [1.54, 1.807) is 12.0 Å². The number of hydrogen-bond acceptors (Lipinski definition) is 4. The highest BCUT2D eigenvalue weighted by molar-refractivity contribution is 5.80. The lowest BCUT2D eigenvalue weighted by atomic mass is 9.92. The molecule has 1 aliphatic rings. The average Bonchev–Trinajstić information content (AvgIpc) is 2.97. The Morgan fingerprint density at radius 3 is 2.54 bits per heavy atom. The van der Waals surface area contributed by atoms with Crippen LogP contribution in [0, 0.1) is 0 Å². The molecule has 1 aliphatic heterocycles. The summed E-state index contributed by atoms with van der Waals surface area (Å²) in [6.07, 6.45) is 1.91. The Labute approximate surface area is 142 Å². The molecule has 2 amide bonds. The standard InChI is InChI=1S/C18H26N2O4/c1-14(22)20-9-3-8-18(20,13-24-2)10-17(23)19-11-15-4-6-16(12-21)7-5-15/h4-7,21H,3,8-13H2,1-2H3,(H,19,23)/t18-/m1/s1. The van der Waals surface area contributed by atoms with Crippen LogP contribution in [0.25, 0.3) is 0 Å². The second-order valence-corrected chi connectivity index (χ2v) is 6.36. The third kappa shape index (κ3) is 4.33. The zero-order valence-corrected chi connectivity index (χ0v) is 14.4. The van der Waals surface area contributed by atoms with E-state index in [1.807, 2.05) is 24.3 Å². The summed E-state index contributed by atoms with van der Waals surface area (Å²) in [5, 5.41) is 12.0. The van der Waals surface area contributed by atoms with Gasteiger partial charge in [-0.2, -0.15) is 0 Å². The second kappa shape index (κ2) is 8.26. The summed E-state index contributed by atoms with van der Waals surface area (Å²) in [5.41, 5.74) is 1.27. The fourth-order valence-electron chi connectivity index (χ4n) is 3.41. The van der Waals surface area contributed by atoms with Crippen molar-refractivity contribution in [3.63, 3.8) is 0 Å². The van der Waals surface area contributed by atoms with Crippen molar-refractivity contribution < 1.29 is 19.4 Å². The third-order valence-electron chi connectivity index (χ3n) is 4.57. The van der Waals surface area contributed by atoms with Gasteiger partial charge in [-0.3, -0.25) is 9.59 Å². The van der Waals surface area contributed by atoms with Crippen LogP contribution in [0.1, 0.15) is 37.3 Å². The van der Waals surface area contributed by atoms with Gasteiger partial charge < -0.3 is 20.1 Å². The number of methoxy groups -OCH3 is 1. The minimum atomic E-state index is -0.536. The molecule has 1 saturated heterocycles. The molecule has 6 heteroatoms. The third-order valence-corrected chi connectivity index (χ3v) is 4.57. The van der Waals surface area contributed by atoms with Crippen molar-refractivity contribution in [3.05, 3.63) is 35.4 Å². The molecular weight excluding hydrogens is 308 g/mol. The van der Waals surface area contributed by atoms with Crippen molar-refractivity contribution in [2.45, 2.75) is 44.9 Å². The summed E-state index contributed by atoms with van der Waals surface area (Å²) in [7, 11) is 1.60. The van der Waals surface area contributed by atoms with Gasteiger partial charge in [0.25, 0.3) is 0 Å². The number of aliphatic hydroxyl groups excluding tert-OH is 1. The van der Waals surface area contributed by atoms with Gasteiger partial charge in [0.1, 0.15) is 0 Å². The van der Waals surface area contributed by atoms with Crippen LogP contribution in [0.3, 0.4) is 0 Å². The van der Waals surface area contributed by atoms with E-state index in [-0.39, 0.29) is 24.8 Å². The molecule has 2 N–H and O–H groups in total. The second-order valence-electron chi connectivity index (χ2n) is 6.36. The smallest absolute Gasteiger partial charge is 0.222 e. The topological polar surface area (TPSA) is 78.9 Å². The lowest BCUT2D eigenvalue weighted by Crippen LogP contribution is -2.52. The fraction of sp³-hybridized carbons (Fsp3) is 0.556. The molecular formula is C18H26N2O4. The van der Waals surface area contributed by atoms with E-state index in [1.165, 1.54) is 6.92 Å². The van der Waals surface area contributed by atoms with Crippen LogP contribution in [0.4, 0.5) is 0 Å². The maximum absolute atomic E-state index is 12.4. The zero-order chi connectivity index (χ0) is 17.6. The normalized spacial score (nSPS) is 20.2. The number of aliphatic hydroxyl groups is 1. The van der Waals surface area contributed by atoms with E-state index < -0.39 is 5.54 Å². The molecule has 0 bridgehead atoms. The molecule has 0 aromatic heterocycles. The monoisotopic (exact) mass is 334 g/mol. The van der Waals surface area contributed by atoms with Crippen molar-refractivity contribution in [2.75, 3.05) is 20.3 Å². The highest BCUT2D eigenvalue weighted by Gasteiger charge is 2.44. The number of likely N-dealkylation sites (tertiary alicyclic amines) is 1. The van der Waals surface area contributed by atoms with Gasteiger partial charge in [-0.1, -0.05) is 24.3 Å². The highest BCUT2D eigenvalue weighted by atomic mass is 16.5. The van der Waals surface area contributed by atoms with E-state index in [0.29, 0.717) is 19.7 Å². The summed E-state index contributed by atoms with van der Waals surface area (Å²) >= 11 is 0. The van der Waals surface area contributed by atoms with E-state index in [0.717, 1.165) is 24.0 Å². The minimum absolute atomic E-state index is 0.00700. The van der Waals surface area contributed by atoms with Gasteiger partial charge in [-0.05, 0) is 24.0 Å². The molecule has 0 radical (unpaired) electrons. The molecule has 0 spiro atoms. The molecule has 0 saturated carbocycles. The number of benzene rings is 1. The largest absolute Gasteiger partial charge is 0.392 e. The summed E-state index contributed by atoms with van der Waals surface area (Å²) in [4.78, 5) is 26.0. The first-order valence-electron chi connectivity index (χ1n) is 8.23. The number of carbonyl (C=O) groups excluding carboxylic acids is 2. The van der Waals surface area contributed by atoms with Crippen LogP contribution >= 0.6 is 0 Å². The Balaban J connectivity index is 1.96. The Hall–Kier alpha value is -1.92. The maximum atomic E-state index is 12.4. The van der Waals surface area contributed by atoms with Gasteiger partial charge in [0.2, 0.25) is 11.8 Å². The Morgan fingerprint density at radius 1 is 1.29 bits per heavy atom. The molecule has 1 aromatic rings. The molecule has 1 heterocycles. The van der Waals surface area contributed by atoms with Gasteiger partial charge in [0.05, 0.1) is 25.2 Å². The zero-order valence-electron chi connectivity index (χ0n) is 14.4. The number of nitrogens with zero attached hydrogens (tertiary/aromatic N) is 1. The van der Waals surface area contributed by atoms with Crippen LogP contribution in [-0.4, -0.2) is 47.6 Å². The van der Waals surface area contributed by atoms with Gasteiger partial charge in [0.15, 0.2) is 0 Å². The van der Waals surface area contributed by atoms with Crippen LogP contribution in [0.5, 0.6) is 0 Å². The first-order valence-corrected chi connectivity index (χ1v) is 8.23.